The van der Waals surface area contributed by atoms with E-state index in [1.807, 2.05) is 5.38 Å². The van der Waals surface area contributed by atoms with Gasteiger partial charge in [0, 0.05) is 10.4 Å². The van der Waals surface area contributed by atoms with Crippen molar-refractivity contribution in [2.75, 3.05) is 6.61 Å². The van der Waals surface area contributed by atoms with Crippen LogP contribution in [0.3, 0.4) is 0 Å². The molecular formula is C10H9ClN4O4S. The van der Waals surface area contributed by atoms with E-state index < -0.39 is 4.92 Å². The van der Waals surface area contributed by atoms with E-state index in [0.29, 0.717) is 24.2 Å². The molecular weight excluding hydrogens is 308 g/mol. The molecule has 1 aliphatic rings. The van der Waals surface area contributed by atoms with Gasteiger partial charge in [0.1, 0.15) is 18.9 Å². The smallest absolute Gasteiger partial charge is 0.414 e. The molecule has 0 aliphatic carbocycles. The second kappa shape index (κ2) is 5.35. The number of imidazole rings is 1. The molecule has 10 heteroatoms. The lowest BCUT2D eigenvalue weighted by Gasteiger charge is -2.21. The zero-order chi connectivity index (χ0) is 14.1. The number of nitro groups is 1. The monoisotopic (exact) mass is 316 g/mol. The van der Waals surface area contributed by atoms with Crippen LogP contribution in [0.5, 0.6) is 6.01 Å². The number of rotatable bonds is 4. The highest BCUT2D eigenvalue weighted by Crippen LogP contribution is 2.23. The maximum atomic E-state index is 10.6. The minimum absolute atomic E-state index is 0.211. The lowest BCUT2D eigenvalue weighted by Crippen LogP contribution is -2.32. The number of nitrogens with zero attached hydrogens (tertiary/aromatic N) is 4. The van der Waals surface area contributed by atoms with Crippen molar-refractivity contribution in [2.45, 2.75) is 19.3 Å². The van der Waals surface area contributed by atoms with Gasteiger partial charge in [-0.2, -0.15) is 0 Å². The summed E-state index contributed by atoms with van der Waals surface area (Å²) in [5.74, 6) is -0.230. The second-order valence-corrected chi connectivity index (χ2v) is 5.57. The first kappa shape index (κ1) is 13.3. The van der Waals surface area contributed by atoms with Gasteiger partial charge in [0.15, 0.2) is 4.47 Å². The summed E-state index contributed by atoms with van der Waals surface area (Å²) in [4.78, 5) is 17.9. The number of hydrogen-bond donors (Lipinski definition) is 0. The first-order chi connectivity index (χ1) is 9.61. The molecule has 1 atom stereocenters. The number of ether oxygens (including phenoxy) is 2. The Morgan fingerprint density at radius 3 is 3.20 bits per heavy atom. The molecule has 3 rings (SSSR count). The molecule has 3 heterocycles. The number of fused-ring (bicyclic) bond motifs is 1. The molecule has 2 aromatic rings. The van der Waals surface area contributed by atoms with Gasteiger partial charge >= 0.3 is 11.8 Å². The Kier molecular flexibility index (Phi) is 3.55. The fraction of sp³-hybridized carbons (Fsp3) is 0.400. The van der Waals surface area contributed by atoms with Crippen LogP contribution in [0.15, 0.2) is 11.6 Å². The van der Waals surface area contributed by atoms with Crippen molar-refractivity contribution in [2.24, 2.45) is 0 Å². The molecule has 0 unspecified atom stereocenters. The Hall–Kier alpha value is -1.71. The number of hydrogen-bond acceptors (Lipinski definition) is 7. The predicted octanol–water partition coefficient (Wildman–Crippen LogP) is 1.88. The Labute approximate surface area is 122 Å². The van der Waals surface area contributed by atoms with Gasteiger partial charge in [-0.15, -0.1) is 11.3 Å². The summed E-state index contributed by atoms with van der Waals surface area (Å²) in [5.41, 5.74) is 0.752. The first-order valence-corrected chi connectivity index (χ1v) is 6.93. The van der Waals surface area contributed by atoms with Crippen molar-refractivity contribution in [3.63, 3.8) is 0 Å². The van der Waals surface area contributed by atoms with Crippen LogP contribution >= 0.6 is 22.9 Å². The van der Waals surface area contributed by atoms with Gasteiger partial charge < -0.3 is 19.6 Å². The molecule has 0 amide bonds. The highest BCUT2D eigenvalue weighted by molar-refractivity contribution is 7.13. The van der Waals surface area contributed by atoms with Crippen LogP contribution in [0.4, 0.5) is 5.82 Å². The first-order valence-electron chi connectivity index (χ1n) is 5.67. The van der Waals surface area contributed by atoms with E-state index in [-0.39, 0.29) is 17.9 Å². The molecule has 8 nitrogen and oxygen atoms in total. The highest BCUT2D eigenvalue weighted by atomic mass is 35.5. The van der Waals surface area contributed by atoms with Gasteiger partial charge in [0.25, 0.3) is 0 Å². The molecule has 20 heavy (non-hydrogen) atoms. The van der Waals surface area contributed by atoms with Crippen molar-refractivity contribution in [1.29, 1.82) is 0 Å². The lowest BCUT2D eigenvalue weighted by atomic mass is 10.3. The summed E-state index contributed by atoms with van der Waals surface area (Å²) >= 11 is 7.07. The zero-order valence-corrected chi connectivity index (χ0v) is 11.6. The van der Waals surface area contributed by atoms with Gasteiger partial charge in [0.05, 0.1) is 18.8 Å². The SMILES string of the molecule is O=[N+]([O-])c1cn2c(n1)OC[C@@H](OCc1csc(Cl)n1)C2. The van der Waals surface area contributed by atoms with Crippen LogP contribution < -0.4 is 4.74 Å². The zero-order valence-electron chi connectivity index (χ0n) is 10.1. The molecule has 0 saturated heterocycles. The van der Waals surface area contributed by atoms with E-state index in [4.69, 9.17) is 21.1 Å². The summed E-state index contributed by atoms with van der Waals surface area (Å²) in [6.07, 6.45) is 1.13. The summed E-state index contributed by atoms with van der Waals surface area (Å²) in [5, 5.41) is 12.5. The van der Waals surface area contributed by atoms with Crippen molar-refractivity contribution in [1.82, 2.24) is 14.5 Å². The van der Waals surface area contributed by atoms with E-state index in [2.05, 4.69) is 9.97 Å². The van der Waals surface area contributed by atoms with E-state index in [1.54, 1.807) is 4.57 Å². The van der Waals surface area contributed by atoms with Crippen LogP contribution in [0.1, 0.15) is 5.69 Å². The third kappa shape index (κ3) is 2.74. The molecule has 0 radical (unpaired) electrons. The van der Waals surface area contributed by atoms with E-state index in [1.165, 1.54) is 17.5 Å². The molecule has 1 aliphatic heterocycles. The number of halogens is 1. The number of aromatic nitrogens is 3. The Morgan fingerprint density at radius 2 is 2.50 bits per heavy atom. The Bertz CT molecular complexity index is 643. The van der Waals surface area contributed by atoms with Crippen molar-refractivity contribution in [3.05, 3.63) is 31.9 Å². The second-order valence-electron chi connectivity index (χ2n) is 4.13. The van der Waals surface area contributed by atoms with Gasteiger partial charge in [-0.05, 0) is 4.92 Å². The third-order valence-electron chi connectivity index (χ3n) is 2.70. The molecule has 0 saturated carbocycles. The maximum Gasteiger partial charge on any atom is 0.414 e. The summed E-state index contributed by atoms with van der Waals surface area (Å²) in [6.45, 7) is 1.07. The van der Waals surface area contributed by atoms with Crippen LogP contribution in [0.25, 0.3) is 0 Å². The summed E-state index contributed by atoms with van der Waals surface area (Å²) in [7, 11) is 0. The van der Waals surface area contributed by atoms with Crippen molar-refractivity contribution in [3.8, 4) is 6.01 Å². The van der Waals surface area contributed by atoms with Crippen LogP contribution in [-0.4, -0.2) is 32.2 Å². The minimum atomic E-state index is -0.554. The fourth-order valence-electron chi connectivity index (χ4n) is 1.81. The van der Waals surface area contributed by atoms with Crippen molar-refractivity contribution < 1.29 is 14.4 Å². The molecule has 0 aromatic carbocycles. The van der Waals surface area contributed by atoms with E-state index >= 15 is 0 Å². The standard InChI is InChI=1S/C10H9ClN4O4S/c11-9-12-6(5-20-9)3-18-7-1-14-2-8(15(16)17)13-10(14)19-4-7/h2,5,7H,1,3-4H2/t7-/m0/s1. The van der Waals surface area contributed by atoms with Crippen LogP contribution in [0, 0.1) is 10.1 Å². The topological polar surface area (TPSA) is 92.3 Å². The Balaban J connectivity index is 1.62. The molecule has 0 bridgehead atoms. The van der Waals surface area contributed by atoms with E-state index in [9.17, 15) is 10.1 Å². The quantitative estimate of drug-likeness (QED) is 0.631. The average molecular weight is 317 g/mol. The average Bonchev–Trinajstić information content (AvgIpc) is 3.01. The predicted molar refractivity (Wildman–Crippen MR) is 70.1 cm³/mol. The lowest BCUT2D eigenvalue weighted by molar-refractivity contribution is -0.389. The molecule has 106 valence electrons. The van der Waals surface area contributed by atoms with E-state index in [0.717, 1.165) is 5.69 Å². The third-order valence-corrected chi connectivity index (χ3v) is 3.73. The van der Waals surface area contributed by atoms with Gasteiger partial charge in [-0.1, -0.05) is 11.6 Å². The molecule has 0 fully saturated rings. The van der Waals surface area contributed by atoms with Gasteiger partial charge in [-0.3, -0.25) is 4.57 Å². The normalized spacial score (nSPS) is 17.6. The molecule has 0 spiro atoms. The summed E-state index contributed by atoms with van der Waals surface area (Å²) in [6, 6.07) is 0.244. The molecule has 2 aromatic heterocycles. The summed E-state index contributed by atoms with van der Waals surface area (Å²) < 4.78 is 13.0. The van der Waals surface area contributed by atoms with Crippen LogP contribution in [0.2, 0.25) is 4.47 Å². The fourth-order valence-corrected chi connectivity index (χ4v) is 2.58. The van der Waals surface area contributed by atoms with Gasteiger partial charge in [-0.25, -0.2) is 4.98 Å². The largest absolute Gasteiger partial charge is 0.443 e. The highest BCUT2D eigenvalue weighted by Gasteiger charge is 2.28. The minimum Gasteiger partial charge on any atom is -0.443 e. The van der Waals surface area contributed by atoms with Crippen molar-refractivity contribution >= 4 is 28.8 Å². The molecule has 0 N–H and O–H groups in total. The van der Waals surface area contributed by atoms with Crippen LogP contribution in [-0.2, 0) is 17.9 Å². The van der Waals surface area contributed by atoms with Gasteiger partial charge in [0.2, 0.25) is 0 Å². The number of thiazole rings is 1. The maximum absolute atomic E-state index is 10.6. The Morgan fingerprint density at radius 1 is 1.65 bits per heavy atom.